The first-order chi connectivity index (χ1) is 17.7. The number of amides is 2. The minimum atomic E-state index is -0.535. The van der Waals surface area contributed by atoms with Crippen LogP contribution in [0, 0.1) is 5.92 Å². The molecule has 2 saturated heterocycles. The molecule has 2 aromatic rings. The highest BCUT2D eigenvalue weighted by molar-refractivity contribution is 5.93. The molecule has 2 atom stereocenters. The van der Waals surface area contributed by atoms with Gasteiger partial charge in [0.2, 0.25) is 0 Å². The average molecular weight is 511 g/mol. The maximum atomic E-state index is 13.9. The van der Waals surface area contributed by atoms with Crippen LogP contribution in [-0.4, -0.2) is 68.8 Å². The molecule has 5 rings (SSSR count). The van der Waals surface area contributed by atoms with E-state index in [0.717, 1.165) is 25.2 Å². The van der Waals surface area contributed by atoms with Gasteiger partial charge in [0.05, 0.1) is 6.20 Å². The van der Waals surface area contributed by atoms with E-state index < -0.39 is 5.60 Å². The SMILES string of the molecule is CC(C)(C)OC(=O)N1CCC(NC(=O)c2cnc3ccc(N4CCCC4C4C=CC=C(F)C4)nn23)CC1. The number of imidazole rings is 1. The number of aromatic nitrogens is 3. The largest absolute Gasteiger partial charge is 0.444 e. The molecule has 2 unspecified atom stereocenters. The number of carbonyl (C=O) groups excluding carboxylic acids is 2. The van der Waals surface area contributed by atoms with E-state index in [-0.39, 0.29) is 35.8 Å². The summed E-state index contributed by atoms with van der Waals surface area (Å²) in [6, 6.07) is 3.90. The van der Waals surface area contributed by atoms with Crippen molar-refractivity contribution in [1.82, 2.24) is 24.8 Å². The number of hydrogen-bond acceptors (Lipinski definition) is 6. The van der Waals surface area contributed by atoms with Gasteiger partial charge in [-0.3, -0.25) is 4.79 Å². The lowest BCUT2D eigenvalue weighted by atomic mass is 9.90. The molecule has 3 aliphatic rings. The van der Waals surface area contributed by atoms with Crippen molar-refractivity contribution in [1.29, 1.82) is 0 Å². The summed E-state index contributed by atoms with van der Waals surface area (Å²) in [5, 5.41) is 7.87. The summed E-state index contributed by atoms with van der Waals surface area (Å²) in [4.78, 5) is 33.8. The van der Waals surface area contributed by atoms with Crippen LogP contribution >= 0.6 is 0 Å². The second-order valence-electron chi connectivity index (χ2n) is 11.1. The molecule has 2 fully saturated rings. The van der Waals surface area contributed by atoms with Gasteiger partial charge in [0.1, 0.15) is 17.2 Å². The average Bonchev–Trinajstić information content (AvgIpc) is 3.50. The van der Waals surface area contributed by atoms with Crippen molar-refractivity contribution in [3.63, 3.8) is 0 Å². The number of hydrogen-bond donors (Lipinski definition) is 1. The second kappa shape index (κ2) is 10.1. The van der Waals surface area contributed by atoms with E-state index in [1.807, 2.05) is 32.9 Å². The van der Waals surface area contributed by atoms with Crippen molar-refractivity contribution < 1.29 is 18.7 Å². The Balaban J connectivity index is 1.25. The monoisotopic (exact) mass is 510 g/mol. The molecular weight excluding hydrogens is 475 g/mol. The summed E-state index contributed by atoms with van der Waals surface area (Å²) < 4.78 is 21.0. The molecule has 1 N–H and O–H groups in total. The summed E-state index contributed by atoms with van der Waals surface area (Å²) in [6.07, 6.45) is 10.3. The zero-order chi connectivity index (χ0) is 26.2. The second-order valence-corrected chi connectivity index (χ2v) is 11.1. The lowest BCUT2D eigenvalue weighted by Gasteiger charge is -2.33. The maximum absolute atomic E-state index is 13.9. The van der Waals surface area contributed by atoms with E-state index in [1.54, 1.807) is 21.7 Å². The molecule has 10 heteroatoms. The van der Waals surface area contributed by atoms with E-state index in [0.29, 0.717) is 43.7 Å². The summed E-state index contributed by atoms with van der Waals surface area (Å²) in [5.41, 5.74) is 0.427. The number of halogens is 1. The molecule has 0 saturated carbocycles. The number of piperidine rings is 1. The zero-order valence-electron chi connectivity index (χ0n) is 21.7. The van der Waals surface area contributed by atoms with Gasteiger partial charge in [-0.1, -0.05) is 12.2 Å². The third kappa shape index (κ3) is 5.62. The molecule has 1 aliphatic carbocycles. The first kappa shape index (κ1) is 25.2. The summed E-state index contributed by atoms with van der Waals surface area (Å²) >= 11 is 0. The van der Waals surface area contributed by atoms with Gasteiger partial charge >= 0.3 is 6.09 Å². The zero-order valence-corrected chi connectivity index (χ0v) is 21.7. The minimum absolute atomic E-state index is 0.0519. The number of likely N-dealkylation sites (tertiary alicyclic amines) is 1. The fraction of sp³-hybridized carbons (Fsp3) is 0.556. The lowest BCUT2D eigenvalue weighted by Crippen LogP contribution is -2.48. The Morgan fingerprint density at radius 3 is 2.65 bits per heavy atom. The molecule has 2 aromatic heterocycles. The van der Waals surface area contributed by atoms with Crippen molar-refractivity contribution in [3.05, 3.63) is 48.1 Å². The smallest absolute Gasteiger partial charge is 0.410 e. The summed E-state index contributed by atoms with van der Waals surface area (Å²) in [5.74, 6) is 0.527. The Kier molecular flexibility index (Phi) is 6.92. The number of nitrogens with one attached hydrogen (secondary N) is 1. The molecule has 0 bridgehead atoms. The van der Waals surface area contributed by atoms with Crippen molar-refractivity contribution >= 4 is 23.5 Å². The van der Waals surface area contributed by atoms with Crippen LogP contribution in [0.5, 0.6) is 0 Å². The first-order valence-electron chi connectivity index (χ1n) is 13.1. The van der Waals surface area contributed by atoms with Gasteiger partial charge in [-0.05, 0) is 64.7 Å². The number of rotatable bonds is 4. The van der Waals surface area contributed by atoms with Crippen LogP contribution in [0.1, 0.15) is 63.4 Å². The van der Waals surface area contributed by atoms with Gasteiger partial charge < -0.3 is 19.9 Å². The number of ether oxygens (including phenoxy) is 1. The van der Waals surface area contributed by atoms with E-state index in [2.05, 4.69) is 21.3 Å². The van der Waals surface area contributed by atoms with Crippen molar-refractivity contribution in [2.45, 2.75) is 70.6 Å². The highest BCUT2D eigenvalue weighted by atomic mass is 19.1. The van der Waals surface area contributed by atoms with Crippen LogP contribution in [0.25, 0.3) is 5.65 Å². The predicted molar refractivity (Wildman–Crippen MR) is 138 cm³/mol. The number of anilines is 1. The number of carbonyl (C=O) groups is 2. The number of fused-ring (bicyclic) bond motifs is 1. The Bertz CT molecular complexity index is 1220. The van der Waals surface area contributed by atoms with Crippen LogP contribution in [0.4, 0.5) is 15.0 Å². The Labute approximate surface area is 216 Å². The minimum Gasteiger partial charge on any atom is -0.444 e. The highest BCUT2D eigenvalue weighted by Gasteiger charge is 2.33. The molecule has 37 heavy (non-hydrogen) atoms. The van der Waals surface area contributed by atoms with Gasteiger partial charge in [0, 0.05) is 44.1 Å². The molecule has 2 amide bonds. The van der Waals surface area contributed by atoms with Gasteiger partial charge in [0.25, 0.3) is 5.91 Å². The highest BCUT2D eigenvalue weighted by Crippen LogP contribution is 2.34. The Morgan fingerprint density at radius 2 is 1.92 bits per heavy atom. The molecule has 0 spiro atoms. The predicted octanol–water partition coefficient (Wildman–Crippen LogP) is 4.26. The third-order valence-corrected chi connectivity index (χ3v) is 7.22. The fourth-order valence-electron chi connectivity index (χ4n) is 5.41. The molecule has 198 valence electrons. The van der Waals surface area contributed by atoms with Crippen LogP contribution in [0.3, 0.4) is 0 Å². The van der Waals surface area contributed by atoms with Crippen molar-refractivity contribution in [3.8, 4) is 0 Å². The van der Waals surface area contributed by atoms with E-state index in [4.69, 9.17) is 9.84 Å². The van der Waals surface area contributed by atoms with Gasteiger partial charge in [-0.2, -0.15) is 0 Å². The topological polar surface area (TPSA) is 92.1 Å². The fourth-order valence-corrected chi connectivity index (χ4v) is 5.41. The van der Waals surface area contributed by atoms with E-state index in [1.165, 1.54) is 6.08 Å². The van der Waals surface area contributed by atoms with Gasteiger partial charge in [-0.15, -0.1) is 5.10 Å². The number of allylic oxidation sites excluding steroid dienone is 3. The molecule has 0 radical (unpaired) electrons. The van der Waals surface area contributed by atoms with Crippen molar-refractivity contribution in [2.24, 2.45) is 5.92 Å². The Hall–Kier alpha value is -3.43. The molecule has 2 aliphatic heterocycles. The standard InChI is InChI=1S/C27H35FN6O3/c1-27(2,3)37-26(36)32-14-11-20(12-15-32)30-25(35)22-17-29-23-9-10-24(31-34(22)23)33-13-5-8-21(33)18-6-4-7-19(28)16-18/h4,6-7,9-10,17-18,20-21H,5,8,11-16H2,1-3H3,(H,30,35). The lowest BCUT2D eigenvalue weighted by molar-refractivity contribution is 0.0199. The molecular formula is C27H35FN6O3. The molecule has 4 heterocycles. The van der Waals surface area contributed by atoms with Crippen LogP contribution < -0.4 is 10.2 Å². The van der Waals surface area contributed by atoms with E-state index >= 15 is 0 Å². The van der Waals surface area contributed by atoms with Crippen LogP contribution in [0.2, 0.25) is 0 Å². The summed E-state index contributed by atoms with van der Waals surface area (Å²) in [7, 11) is 0. The quantitative estimate of drug-likeness (QED) is 0.661. The van der Waals surface area contributed by atoms with E-state index in [9.17, 15) is 14.0 Å². The Morgan fingerprint density at radius 1 is 1.14 bits per heavy atom. The van der Waals surface area contributed by atoms with Gasteiger partial charge in [0.15, 0.2) is 11.3 Å². The summed E-state index contributed by atoms with van der Waals surface area (Å²) in [6.45, 7) is 7.43. The number of nitrogens with zero attached hydrogens (tertiary/aromatic N) is 5. The third-order valence-electron chi connectivity index (χ3n) is 7.22. The van der Waals surface area contributed by atoms with Gasteiger partial charge in [-0.25, -0.2) is 18.7 Å². The van der Waals surface area contributed by atoms with Crippen LogP contribution in [-0.2, 0) is 4.74 Å². The molecule has 0 aromatic carbocycles. The first-order valence-corrected chi connectivity index (χ1v) is 13.1. The van der Waals surface area contributed by atoms with Crippen molar-refractivity contribution in [2.75, 3.05) is 24.5 Å². The normalized spacial score (nSPS) is 22.9. The maximum Gasteiger partial charge on any atom is 0.410 e. The van der Waals surface area contributed by atoms with Crippen LogP contribution in [0.15, 0.2) is 42.4 Å². The molecule has 9 nitrogen and oxygen atoms in total.